The van der Waals surface area contributed by atoms with E-state index in [1.54, 1.807) is 12.4 Å². The van der Waals surface area contributed by atoms with E-state index in [4.69, 9.17) is 0 Å². The Labute approximate surface area is 78.8 Å². The average molecular weight is 230 g/mol. The number of aromatic carboxylic acids is 1. The Morgan fingerprint density at radius 1 is 1.50 bits per heavy atom. The van der Waals surface area contributed by atoms with E-state index < -0.39 is 5.97 Å². The molecular formula is C8H8BrNO2. The predicted octanol–water partition coefficient (Wildman–Crippen LogP) is -0.268. The number of hydrogen-bond acceptors (Lipinski definition) is 2. The van der Waals surface area contributed by atoms with Crippen LogP contribution in [0.3, 0.4) is 0 Å². The summed E-state index contributed by atoms with van der Waals surface area (Å²) in [5.74, 6) is -1.14. The van der Waals surface area contributed by atoms with Crippen LogP contribution < -0.4 is 9.67 Å². The van der Waals surface area contributed by atoms with Crippen LogP contribution in [0, 0.1) is 0 Å². The molecule has 0 radical (unpaired) electrons. The first-order valence-corrected chi connectivity index (χ1v) is 4.62. The van der Waals surface area contributed by atoms with Crippen LogP contribution in [0.25, 0.3) is 0 Å². The molecule has 0 aliphatic heterocycles. The molecule has 64 valence electrons. The molecule has 0 aromatic carbocycles. The number of halogens is 1. The molecule has 0 saturated heterocycles. The average Bonchev–Trinajstić information content (AvgIpc) is 2.06. The van der Waals surface area contributed by atoms with Crippen molar-refractivity contribution in [2.45, 2.75) is 6.54 Å². The lowest BCUT2D eigenvalue weighted by atomic mass is 10.3. The van der Waals surface area contributed by atoms with Gasteiger partial charge in [-0.2, -0.15) is 0 Å². The number of pyridine rings is 1. The van der Waals surface area contributed by atoms with Gasteiger partial charge < -0.3 is 9.90 Å². The first-order valence-electron chi connectivity index (χ1n) is 3.50. The largest absolute Gasteiger partial charge is 0.545 e. The summed E-state index contributed by atoms with van der Waals surface area (Å²) in [6.45, 7) is 0.827. The molecule has 0 amide bonds. The van der Waals surface area contributed by atoms with E-state index in [1.165, 1.54) is 12.1 Å². The lowest BCUT2D eigenvalue weighted by Gasteiger charge is -1.99. The van der Waals surface area contributed by atoms with Crippen LogP contribution in [-0.4, -0.2) is 11.3 Å². The normalized spacial score (nSPS) is 9.75. The monoisotopic (exact) mass is 229 g/mol. The predicted molar refractivity (Wildman–Crippen MR) is 44.8 cm³/mol. The minimum Gasteiger partial charge on any atom is -0.545 e. The Morgan fingerprint density at radius 2 is 2.08 bits per heavy atom. The van der Waals surface area contributed by atoms with Gasteiger partial charge in [0, 0.05) is 17.7 Å². The van der Waals surface area contributed by atoms with E-state index >= 15 is 0 Å². The summed E-state index contributed by atoms with van der Waals surface area (Å²) in [6, 6.07) is 3.05. The molecule has 0 aliphatic rings. The highest BCUT2D eigenvalue weighted by molar-refractivity contribution is 9.09. The highest BCUT2D eigenvalue weighted by Gasteiger charge is 1.98. The second-order valence-electron chi connectivity index (χ2n) is 2.30. The van der Waals surface area contributed by atoms with Crippen LogP contribution in [-0.2, 0) is 6.54 Å². The molecule has 1 aromatic rings. The Balaban J connectivity index is 2.78. The highest BCUT2D eigenvalue weighted by Crippen LogP contribution is 1.92. The van der Waals surface area contributed by atoms with Crippen molar-refractivity contribution in [3.05, 3.63) is 30.1 Å². The summed E-state index contributed by atoms with van der Waals surface area (Å²) in [5.41, 5.74) is 0.209. The van der Waals surface area contributed by atoms with Gasteiger partial charge in [-0.3, -0.25) is 0 Å². The molecule has 0 unspecified atom stereocenters. The van der Waals surface area contributed by atoms with Crippen molar-refractivity contribution in [3.8, 4) is 0 Å². The summed E-state index contributed by atoms with van der Waals surface area (Å²) >= 11 is 3.28. The molecule has 0 aliphatic carbocycles. The van der Waals surface area contributed by atoms with E-state index in [0.717, 1.165) is 11.9 Å². The van der Waals surface area contributed by atoms with E-state index in [-0.39, 0.29) is 5.56 Å². The minimum atomic E-state index is -1.14. The van der Waals surface area contributed by atoms with Crippen LogP contribution in [0.15, 0.2) is 24.5 Å². The van der Waals surface area contributed by atoms with Crippen molar-refractivity contribution in [2.75, 3.05) is 5.33 Å². The first kappa shape index (κ1) is 9.19. The zero-order chi connectivity index (χ0) is 8.97. The molecule has 0 bridgehead atoms. The number of carbonyl (C=O) groups is 1. The van der Waals surface area contributed by atoms with Crippen LogP contribution in [0.5, 0.6) is 0 Å². The SMILES string of the molecule is O=C([O-])c1cc[n+](CCBr)cc1. The second kappa shape index (κ2) is 4.21. The summed E-state index contributed by atoms with van der Waals surface area (Å²) in [4.78, 5) is 10.3. The highest BCUT2D eigenvalue weighted by atomic mass is 79.9. The molecule has 0 fully saturated rings. The number of rotatable bonds is 3. The first-order chi connectivity index (χ1) is 5.74. The molecule has 1 aromatic heterocycles. The summed E-state index contributed by atoms with van der Waals surface area (Å²) in [7, 11) is 0. The van der Waals surface area contributed by atoms with Crippen LogP contribution in [0.2, 0.25) is 0 Å². The Bertz CT molecular complexity index is 271. The molecule has 0 spiro atoms. The third-order valence-electron chi connectivity index (χ3n) is 1.47. The smallest absolute Gasteiger partial charge is 0.169 e. The molecule has 1 rings (SSSR count). The quantitative estimate of drug-likeness (QED) is 0.530. The van der Waals surface area contributed by atoms with Gasteiger partial charge in [-0.15, -0.1) is 0 Å². The van der Waals surface area contributed by atoms with Crippen molar-refractivity contribution < 1.29 is 14.5 Å². The number of alkyl halides is 1. The van der Waals surface area contributed by atoms with Gasteiger partial charge in [-0.05, 0) is 0 Å². The number of aromatic nitrogens is 1. The number of carboxylic acids is 1. The van der Waals surface area contributed by atoms with Gasteiger partial charge in [0.2, 0.25) is 0 Å². The molecule has 1 heterocycles. The maximum Gasteiger partial charge on any atom is 0.169 e. The fourth-order valence-corrected chi connectivity index (χ4v) is 1.25. The lowest BCUT2D eigenvalue weighted by molar-refractivity contribution is -0.692. The number of nitrogens with zero attached hydrogens (tertiary/aromatic N) is 1. The van der Waals surface area contributed by atoms with Crippen LogP contribution >= 0.6 is 15.9 Å². The Morgan fingerprint density at radius 3 is 2.50 bits per heavy atom. The molecule has 3 nitrogen and oxygen atoms in total. The number of carbonyl (C=O) groups excluding carboxylic acids is 1. The van der Waals surface area contributed by atoms with E-state index in [2.05, 4.69) is 15.9 Å². The second-order valence-corrected chi connectivity index (χ2v) is 3.09. The minimum absolute atomic E-state index is 0.209. The zero-order valence-electron chi connectivity index (χ0n) is 6.37. The number of carboxylic acid groups (broad SMARTS) is 1. The van der Waals surface area contributed by atoms with Crippen LogP contribution in [0.4, 0.5) is 0 Å². The van der Waals surface area contributed by atoms with Gasteiger partial charge in [-0.25, -0.2) is 4.57 Å². The number of hydrogen-bond donors (Lipinski definition) is 0. The van der Waals surface area contributed by atoms with Gasteiger partial charge in [0.15, 0.2) is 18.9 Å². The van der Waals surface area contributed by atoms with Crippen molar-refractivity contribution in [3.63, 3.8) is 0 Å². The molecule has 0 saturated carbocycles. The Hall–Kier alpha value is -0.900. The standard InChI is InChI=1S/C8H8BrNO2/c9-3-6-10-4-1-7(2-5-10)8(11)12/h1-2,4-5H,3,6H2. The van der Waals surface area contributed by atoms with Gasteiger partial charge in [0.05, 0.1) is 11.3 Å². The van der Waals surface area contributed by atoms with E-state index in [0.29, 0.717) is 0 Å². The molecule has 12 heavy (non-hydrogen) atoms. The van der Waals surface area contributed by atoms with Crippen molar-refractivity contribution in [1.29, 1.82) is 0 Å². The number of aryl methyl sites for hydroxylation is 1. The summed E-state index contributed by atoms with van der Waals surface area (Å²) < 4.78 is 1.89. The van der Waals surface area contributed by atoms with Gasteiger partial charge in [0.1, 0.15) is 0 Å². The summed E-state index contributed by atoms with van der Waals surface area (Å²) in [6.07, 6.45) is 3.43. The maximum absolute atomic E-state index is 10.3. The van der Waals surface area contributed by atoms with Crippen molar-refractivity contribution in [1.82, 2.24) is 0 Å². The van der Waals surface area contributed by atoms with Crippen LogP contribution in [0.1, 0.15) is 10.4 Å². The van der Waals surface area contributed by atoms with E-state index in [1.807, 2.05) is 4.57 Å². The van der Waals surface area contributed by atoms with Crippen molar-refractivity contribution in [2.24, 2.45) is 0 Å². The maximum atomic E-state index is 10.3. The van der Waals surface area contributed by atoms with Crippen molar-refractivity contribution >= 4 is 21.9 Å². The molecule has 0 atom stereocenters. The van der Waals surface area contributed by atoms with Gasteiger partial charge >= 0.3 is 0 Å². The zero-order valence-corrected chi connectivity index (χ0v) is 7.95. The third kappa shape index (κ3) is 2.30. The molecule has 4 heteroatoms. The fourth-order valence-electron chi connectivity index (χ4n) is 0.840. The molecular weight excluding hydrogens is 222 g/mol. The Kier molecular flexibility index (Phi) is 3.22. The third-order valence-corrected chi connectivity index (χ3v) is 1.82. The fraction of sp³-hybridized carbons (Fsp3) is 0.250. The topological polar surface area (TPSA) is 44.0 Å². The van der Waals surface area contributed by atoms with E-state index in [9.17, 15) is 9.90 Å². The molecule has 0 N–H and O–H groups in total. The van der Waals surface area contributed by atoms with Gasteiger partial charge in [-0.1, -0.05) is 15.9 Å². The summed E-state index contributed by atoms with van der Waals surface area (Å²) in [5, 5.41) is 11.2. The lowest BCUT2D eigenvalue weighted by Crippen LogP contribution is -2.34. The van der Waals surface area contributed by atoms with Gasteiger partial charge in [0.25, 0.3) is 0 Å².